The van der Waals surface area contributed by atoms with Gasteiger partial charge in [-0.25, -0.2) is 18.1 Å². The Morgan fingerprint density at radius 2 is 1.84 bits per heavy atom. The lowest BCUT2D eigenvalue weighted by molar-refractivity contribution is -0.254. The van der Waals surface area contributed by atoms with Crippen molar-refractivity contribution in [2.45, 2.75) is 35.1 Å². The van der Waals surface area contributed by atoms with Crippen LogP contribution in [-0.4, -0.2) is 63.5 Å². The van der Waals surface area contributed by atoms with Gasteiger partial charge in [0.2, 0.25) is 10.0 Å². The molecule has 1 heterocycles. The number of rotatable bonds is 9. The standard InChI is InChI=1S/C21H21F6N5O4S2/c1-12(10-29-15-5-4-13(9-28)8-14(15)20(22,23)24)31-38(35,36)17-7-6-16(37-17)19(34,21(25,26)27)18(33)30-11-32(2)3/h4-8,11-12,29,31,34H,10H2,1-3H3/t12-,19?/m1/s1. The van der Waals surface area contributed by atoms with Crippen molar-refractivity contribution >= 4 is 39.3 Å². The van der Waals surface area contributed by atoms with E-state index in [0.29, 0.717) is 12.1 Å². The molecule has 2 aromatic rings. The Morgan fingerprint density at radius 3 is 2.37 bits per heavy atom. The molecule has 3 N–H and O–H groups in total. The summed E-state index contributed by atoms with van der Waals surface area (Å²) in [6, 6.07) is 4.62. The molecule has 0 bridgehead atoms. The van der Waals surface area contributed by atoms with E-state index >= 15 is 0 Å². The molecular weight excluding hydrogens is 564 g/mol. The van der Waals surface area contributed by atoms with Crippen LogP contribution < -0.4 is 10.0 Å². The van der Waals surface area contributed by atoms with Gasteiger partial charge in [0.05, 0.1) is 28.4 Å². The van der Waals surface area contributed by atoms with Gasteiger partial charge in [-0.05, 0) is 37.3 Å². The lowest BCUT2D eigenvalue weighted by Gasteiger charge is -2.26. The summed E-state index contributed by atoms with van der Waals surface area (Å²) in [5, 5.41) is 21.5. The highest BCUT2D eigenvalue weighted by Gasteiger charge is 2.62. The number of carbonyl (C=O) groups excluding carboxylic acids is 1. The molecule has 0 fully saturated rings. The van der Waals surface area contributed by atoms with E-state index < -0.39 is 60.3 Å². The fraction of sp³-hybridized carbons (Fsp3) is 0.381. The third-order valence-corrected chi connectivity index (χ3v) is 8.01. The zero-order valence-electron chi connectivity index (χ0n) is 19.8. The van der Waals surface area contributed by atoms with Crippen LogP contribution in [0, 0.1) is 11.3 Å². The number of amides is 1. The van der Waals surface area contributed by atoms with Gasteiger partial charge in [-0.2, -0.15) is 31.6 Å². The number of alkyl halides is 6. The van der Waals surface area contributed by atoms with Crippen molar-refractivity contribution in [3.63, 3.8) is 0 Å². The molecule has 9 nitrogen and oxygen atoms in total. The van der Waals surface area contributed by atoms with E-state index in [0.717, 1.165) is 29.4 Å². The van der Waals surface area contributed by atoms with E-state index in [-0.39, 0.29) is 23.4 Å². The number of sulfonamides is 1. The van der Waals surface area contributed by atoms with Gasteiger partial charge in [-0.15, -0.1) is 11.3 Å². The van der Waals surface area contributed by atoms with Gasteiger partial charge in [-0.3, -0.25) is 4.79 Å². The molecule has 0 aliphatic carbocycles. The molecule has 38 heavy (non-hydrogen) atoms. The quantitative estimate of drug-likeness (QED) is 0.234. The van der Waals surface area contributed by atoms with E-state index in [2.05, 4.69) is 15.0 Å². The number of hydrogen-bond acceptors (Lipinski definition) is 7. The molecule has 1 unspecified atom stereocenters. The summed E-state index contributed by atoms with van der Waals surface area (Å²) >= 11 is -0.0260. The van der Waals surface area contributed by atoms with Gasteiger partial charge in [0, 0.05) is 32.4 Å². The minimum absolute atomic E-state index is 0.0260. The number of halogens is 6. The second kappa shape index (κ2) is 11.3. The first-order valence-corrected chi connectivity index (χ1v) is 12.6. The van der Waals surface area contributed by atoms with Crippen LogP contribution >= 0.6 is 11.3 Å². The van der Waals surface area contributed by atoms with Crippen molar-refractivity contribution in [1.29, 1.82) is 5.26 Å². The van der Waals surface area contributed by atoms with Crippen molar-refractivity contribution in [3.8, 4) is 6.07 Å². The molecule has 0 radical (unpaired) electrons. The highest BCUT2D eigenvalue weighted by atomic mass is 32.2. The Balaban J connectivity index is 2.26. The normalized spacial score (nSPS) is 15.1. The number of thiophene rings is 1. The predicted octanol–water partition coefficient (Wildman–Crippen LogP) is 3.28. The summed E-state index contributed by atoms with van der Waals surface area (Å²) in [5.74, 6) is -1.99. The second-order valence-corrected chi connectivity index (χ2v) is 11.1. The van der Waals surface area contributed by atoms with Crippen LogP contribution in [0.5, 0.6) is 0 Å². The monoisotopic (exact) mass is 585 g/mol. The highest BCUT2D eigenvalue weighted by molar-refractivity contribution is 7.91. The molecule has 0 saturated carbocycles. The highest BCUT2D eigenvalue weighted by Crippen LogP contribution is 2.43. The smallest absolute Gasteiger partial charge is 0.383 e. The van der Waals surface area contributed by atoms with Gasteiger partial charge >= 0.3 is 12.4 Å². The number of nitrogens with zero attached hydrogens (tertiary/aromatic N) is 3. The zero-order valence-corrected chi connectivity index (χ0v) is 21.5. The third kappa shape index (κ3) is 7.01. The summed E-state index contributed by atoms with van der Waals surface area (Å²) in [5.41, 5.74) is -5.93. The SMILES string of the molecule is C[C@H](CNc1ccc(C#N)cc1C(F)(F)F)NS(=O)(=O)c1ccc(C(O)(C(=O)N=CN(C)C)C(F)(F)F)s1. The molecule has 2 atom stereocenters. The fourth-order valence-electron chi connectivity index (χ4n) is 2.92. The summed E-state index contributed by atoms with van der Waals surface area (Å²) < 4.78 is 108. The minimum Gasteiger partial charge on any atom is -0.383 e. The molecule has 1 aromatic carbocycles. The van der Waals surface area contributed by atoms with E-state index in [9.17, 15) is 44.7 Å². The third-order valence-electron chi connectivity index (χ3n) is 4.74. The molecule has 208 valence electrons. The van der Waals surface area contributed by atoms with Gasteiger partial charge in [0.25, 0.3) is 11.5 Å². The second-order valence-electron chi connectivity index (χ2n) is 8.11. The first-order chi connectivity index (χ1) is 17.3. The Kier molecular flexibility index (Phi) is 9.20. The summed E-state index contributed by atoms with van der Waals surface area (Å²) in [6.45, 7) is 0.901. The molecule has 0 aliphatic heterocycles. The number of aliphatic imine (C=N–C) groups is 1. The number of anilines is 1. The van der Waals surface area contributed by atoms with Gasteiger partial charge < -0.3 is 15.3 Å². The summed E-state index contributed by atoms with van der Waals surface area (Å²) in [6.07, 6.45) is -9.62. The minimum atomic E-state index is -5.54. The van der Waals surface area contributed by atoms with Gasteiger partial charge in [0.15, 0.2) is 0 Å². The van der Waals surface area contributed by atoms with Crippen molar-refractivity contribution in [2.24, 2.45) is 4.99 Å². The number of nitrogens with one attached hydrogen (secondary N) is 2. The molecule has 0 saturated heterocycles. The number of nitriles is 1. The maximum atomic E-state index is 13.7. The average molecular weight is 586 g/mol. The van der Waals surface area contributed by atoms with E-state index in [1.165, 1.54) is 21.0 Å². The molecule has 1 amide bonds. The molecule has 0 spiro atoms. The van der Waals surface area contributed by atoms with Crippen LogP contribution in [0.2, 0.25) is 0 Å². The molecule has 17 heteroatoms. The van der Waals surface area contributed by atoms with Crippen LogP contribution in [0.25, 0.3) is 0 Å². The largest absolute Gasteiger partial charge is 0.431 e. The molecule has 0 aliphatic rings. The van der Waals surface area contributed by atoms with E-state index in [4.69, 9.17) is 5.26 Å². The van der Waals surface area contributed by atoms with Crippen molar-refractivity contribution in [1.82, 2.24) is 9.62 Å². The van der Waals surface area contributed by atoms with Crippen molar-refractivity contribution in [2.75, 3.05) is 26.0 Å². The molecule has 2 rings (SSSR count). The van der Waals surface area contributed by atoms with Crippen molar-refractivity contribution < 1.29 is 44.7 Å². The lowest BCUT2D eigenvalue weighted by Crippen LogP contribution is -2.48. The van der Waals surface area contributed by atoms with E-state index in [1.807, 2.05) is 0 Å². The predicted molar refractivity (Wildman–Crippen MR) is 126 cm³/mol. The Hall–Kier alpha value is -3.20. The van der Waals surface area contributed by atoms with Gasteiger partial charge in [-0.1, -0.05) is 0 Å². The van der Waals surface area contributed by atoms with Crippen LogP contribution in [0.15, 0.2) is 39.5 Å². The maximum Gasteiger partial charge on any atom is 0.431 e. The van der Waals surface area contributed by atoms with Crippen LogP contribution in [0.3, 0.4) is 0 Å². The van der Waals surface area contributed by atoms with Crippen LogP contribution in [0.4, 0.5) is 32.0 Å². The number of benzene rings is 1. The molecule has 1 aromatic heterocycles. The zero-order chi connectivity index (χ0) is 29.1. The van der Waals surface area contributed by atoms with Gasteiger partial charge in [0.1, 0.15) is 4.21 Å². The fourth-order valence-corrected chi connectivity index (χ4v) is 5.59. The number of aliphatic hydroxyl groups is 1. The Labute approximate surface area is 217 Å². The van der Waals surface area contributed by atoms with Crippen LogP contribution in [0.1, 0.15) is 22.9 Å². The number of hydrogen-bond donors (Lipinski definition) is 3. The average Bonchev–Trinajstić information content (AvgIpc) is 3.30. The molecular formula is C21H21F6N5O4S2. The van der Waals surface area contributed by atoms with Crippen LogP contribution in [-0.2, 0) is 26.6 Å². The Bertz CT molecular complexity index is 1350. The maximum absolute atomic E-state index is 13.7. The first kappa shape index (κ1) is 31.0. The Morgan fingerprint density at radius 1 is 1.21 bits per heavy atom. The summed E-state index contributed by atoms with van der Waals surface area (Å²) in [7, 11) is -1.79. The van der Waals surface area contributed by atoms with E-state index in [1.54, 1.807) is 6.07 Å². The van der Waals surface area contributed by atoms with Crippen molar-refractivity contribution in [3.05, 3.63) is 46.3 Å². The lowest BCUT2D eigenvalue weighted by atomic mass is 10.0. The summed E-state index contributed by atoms with van der Waals surface area (Å²) in [4.78, 5) is 15.3. The number of carbonyl (C=O) groups is 1. The first-order valence-electron chi connectivity index (χ1n) is 10.3. The topological polar surface area (TPSA) is 135 Å².